The van der Waals surface area contributed by atoms with E-state index >= 15 is 0 Å². The Kier molecular flexibility index (Phi) is 3.93. The molecule has 1 aliphatic heterocycles. The summed E-state index contributed by atoms with van der Waals surface area (Å²) in [6.07, 6.45) is 8.45. The van der Waals surface area contributed by atoms with Crippen LogP contribution in [-0.4, -0.2) is 23.1 Å². The molecule has 0 spiro atoms. The van der Waals surface area contributed by atoms with Gasteiger partial charge in [-0.3, -0.25) is 0 Å². The highest BCUT2D eigenvalue weighted by molar-refractivity contribution is 7.19. The monoisotopic (exact) mass is 349 g/mol. The molecule has 1 aliphatic carbocycles. The summed E-state index contributed by atoms with van der Waals surface area (Å²) in [5, 5.41) is 1.37. The van der Waals surface area contributed by atoms with Crippen molar-refractivity contribution in [2.24, 2.45) is 0 Å². The van der Waals surface area contributed by atoms with Crippen molar-refractivity contribution in [3.63, 3.8) is 0 Å². The van der Waals surface area contributed by atoms with E-state index in [4.69, 9.17) is 9.97 Å². The van der Waals surface area contributed by atoms with Gasteiger partial charge in [0.05, 0.1) is 5.39 Å². The number of rotatable bonds is 3. The van der Waals surface area contributed by atoms with E-state index in [1.54, 1.807) is 10.4 Å². The predicted molar refractivity (Wildman–Crippen MR) is 105 cm³/mol. The van der Waals surface area contributed by atoms with E-state index in [-0.39, 0.29) is 0 Å². The summed E-state index contributed by atoms with van der Waals surface area (Å²) in [6, 6.07) is 10.6. The number of benzene rings is 1. The lowest BCUT2D eigenvalue weighted by molar-refractivity contribution is 0.700. The van der Waals surface area contributed by atoms with Crippen molar-refractivity contribution in [2.75, 3.05) is 18.0 Å². The lowest BCUT2D eigenvalue weighted by Crippen LogP contribution is -2.20. The van der Waals surface area contributed by atoms with E-state index < -0.39 is 0 Å². The van der Waals surface area contributed by atoms with Crippen molar-refractivity contribution in [3.05, 3.63) is 52.2 Å². The van der Waals surface area contributed by atoms with Gasteiger partial charge in [0.1, 0.15) is 16.5 Å². The number of aromatic nitrogens is 2. The Morgan fingerprint density at radius 3 is 2.56 bits per heavy atom. The molecule has 0 atom stereocenters. The van der Waals surface area contributed by atoms with E-state index in [1.807, 2.05) is 11.3 Å². The zero-order valence-corrected chi connectivity index (χ0v) is 15.3. The van der Waals surface area contributed by atoms with Gasteiger partial charge < -0.3 is 4.90 Å². The second kappa shape index (κ2) is 6.41. The highest BCUT2D eigenvalue weighted by atomic mass is 32.1. The molecule has 0 N–H and O–H groups in total. The quantitative estimate of drug-likeness (QED) is 0.682. The van der Waals surface area contributed by atoms with Crippen LogP contribution in [0.3, 0.4) is 0 Å². The molecular formula is C21H23N3S. The minimum Gasteiger partial charge on any atom is -0.356 e. The third-order valence-electron chi connectivity index (χ3n) is 5.45. The van der Waals surface area contributed by atoms with Crippen LogP contribution in [0.2, 0.25) is 0 Å². The Morgan fingerprint density at radius 1 is 0.920 bits per heavy atom. The highest BCUT2D eigenvalue weighted by Crippen LogP contribution is 2.40. The second-order valence-electron chi connectivity index (χ2n) is 7.21. The molecule has 2 aliphatic rings. The number of hydrogen-bond donors (Lipinski definition) is 0. The SMILES string of the molecule is c1ccc(Cc2nc(N3CCCC3)c3c4c(sc3n2)CCCC4)cc1. The first-order valence-electron chi connectivity index (χ1n) is 9.48. The Morgan fingerprint density at radius 2 is 1.72 bits per heavy atom. The first kappa shape index (κ1) is 15.3. The van der Waals surface area contributed by atoms with E-state index in [1.165, 1.54) is 60.1 Å². The molecule has 1 fully saturated rings. The van der Waals surface area contributed by atoms with Crippen LogP contribution in [-0.2, 0) is 19.3 Å². The second-order valence-corrected chi connectivity index (χ2v) is 8.29. The number of aryl methyl sites for hydroxylation is 2. The fraction of sp³-hybridized carbons (Fsp3) is 0.429. The average Bonchev–Trinajstić information content (AvgIpc) is 3.29. The molecule has 1 saturated heterocycles. The molecule has 3 aromatic rings. The van der Waals surface area contributed by atoms with Gasteiger partial charge in [-0.2, -0.15) is 0 Å². The average molecular weight is 350 g/mol. The maximum Gasteiger partial charge on any atom is 0.141 e. The third kappa shape index (κ3) is 2.82. The topological polar surface area (TPSA) is 29.0 Å². The third-order valence-corrected chi connectivity index (χ3v) is 6.64. The Hall–Kier alpha value is -1.94. The summed E-state index contributed by atoms with van der Waals surface area (Å²) in [4.78, 5) is 15.3. The summed E-state index contributed by atoms with van der Waals surface area (Å²) in [5.41, 5.74) is 2.84. The Labute approximate surface area is 152 Å². The fourth-order valence-electron chi connectivity index (χ4n) is 4.20. The molecule has 2 aromatic heterocycles. The van der Waals surface area contributed by atoms with Crippen molar-refractivity contribution in [2.45, 2.75) is 44.9 Å². The van der Waals surface area contributed by atoms with Gasteiger partial charge >= 0.3 is 0 Å². The summed E-state index contributed by atoms with van der Waals surface area (Å²) >= 11 is 1.92. The number of fused-ring (bicyclic) bond motifs is 3. The Bertz CT molecular complexity index is 894. The molecule has 3 heterocycles. The summed E-state index contributed by atoms with van der Waals surface area (Å²) in [6.45, 7) is 2.28. The standard InChI is InChI=1S/C21H23N3S/c1-2-8-15(9-3-1)14-18-22-20(24-12-6-7-13-24)19-16-10-4-5-11-17(16)25-21(19)23-18/h1-3,8-9H,4-7,10-14H2. The molecule has 5 rings (SSSR count). The predicted octanol–water partition coefficient (Wildman–Crippen LogP) is 4.76. The van der Waals surface area contributed by atoms with Gasteiger partial charge in [0.15, 0.2) is 0 Å². The maximum atomic E-state index is 5.08. The van der Waals surface area contributed by atoms with Crippen LogP contribution >= 0.6 is 11.3 Å². The summed E-state index contributed by atoms with van der Waals surface area (Å²) < 4.78 is 0. The first-order valence-corrected chi connectivity index (χ1v) is 10.3. The van der Waals surface area contributed by atoms with Crippen molar-refractivity contribution in [1.29, 1.82) is 0 Å². The van der Waals surface area contributed by atoms with Crippen molar-refractivity contribution in [1.82, 2.24) is 9.97 Å². The van der Waals surface area contributed by atoms with E-state index in [0.29, 0.717) is 0 Å². The highest BCUT2D eigenvalue weighted by Gasteiger charge is 2.25. The number of hydrogen-bond acceptors (Lipinski definition) is 4. The smallest absolute Gasteiger partial charge is 0.141 e. The maximum absolute atomic E-state index is 5.08. The lowest BCUT2D eigenvalue weighted by atomic mass is 9.97. The molecule has 0 saturated carbocycles. The van der Waals surface area contributed by atoms with Crippen LogP contribution in [0.4, 0.5) is 5.82 Å². The van der Waals surface area contributed by atoms with Crippen molar-refractivity contribution < 1.29 is 0 Å². The molecule has 1 aromatic carbocycles. The summed E-state index contributed by atoms with van der Waals surface area (Å²) in [7, 11) is 0. The van der Waals surface area contributed by atoms with Crippen molar-refractivity contribution >= 4 is 27.4 Å². The van der Waals surface area contributed by atoms with Crippen molar-refractivity contribution in [3.8, 4) is 0 Å². The van der Waals surface area contributed by atoms with Gasteiger partial charge in [-0.15, -0.1) is 11.3 Å². The van der Waals surface area contributed by atoms with Gasteiger partial charge in [-0.25, -0.2) is 9.97 Å². The number of anilines is 1. The van der Waals surface area contributed by atoms with Gasteiger partial charge in [-0.05, 0) is 49.7 Å². The van der Waals surface area contributed by atoms with Gasteiger partial charge in [0.2, 0.25) is 0 Å². The van der Waals surface area contributed by atoms with E-state index in [9.17, 15) is 0 Å². The van der Waals surface area contributed by atoms with Crippen LogP contribution in [0, 0.1) is 0 Å². The van der Waals surface area contributed by atoms with E-state index in [0.717, 1.165) is 25.3 Å². The minimum absolute atomic E-state index is 0.820. The molecule has 0 bridgehead atoms. The lowest BCUT2D eigenvalue weighted by Gasteiger charge is -2.20. The van der Waals surface area contributed by atoms with Gasteiger partial charge in [-0.1, -0.05) is 30.3 Å². The molecule has 25 heavy (non-hydrogen) atoms. The van der Waals surface area contributed by atoms with E-state index in [2.05, 4.69) is 35.2 Å². The first-order chi connectivity index (χ1) is 12.4. The van der Waals surface area contributed by atoms with Gasteiger partial charge in [0.25, 0.3) is 0 Å². The van der Waals surface area contributed by atoms with Crippen LogP contribution in [0.1, 0.15) is 47.5 Å². The van der Waals surface area contributed by atoms with Crippen LogP contribution in [0.15, 0.2) is 30.3 Å². The largest absolute Gasteiger partial charge is 0.356 e. The zero-order chi connectivity index (χ0) is 16.6. The van der Waals surface area contributed by atoms with Crippen LogP contribution in [0.5, 0.6) is 0 Å². The fourth-order valence-corrected chi connectivity index (χ4v) is 5.47. The van der Waals surface area contributed by atoms with Crippen LogP contribution in [0.25, 0.3) is 10.2 Å². The van der Waals surface area contributed by atoms with Gasteiger partial charge in [0, 0.05) is 24.4 Å². The number of thiophene rings is 1. The molecule has 0 radical (unpaired) electrons. The normalized spacial score (nSPS) is 17.2. The Balaban J connectivity index is 1.64. The summed E-state index contributed by atoms with van der Waals surface area (Å²) in [5.74, 6) is 2.19. The van der Waals surface area contributed by atoms with Crippen LogP contribution < -0.4 is 4.90 Å². The molecular weight excluding hydrogens is 326 g/mol. The minimum atomic E-state index is 0.820. The molecule has 0 amide bonds. The molecule has 0 unspecified atom stereocenters. The molecule has 3 nitrogen and oxygen atoms in total. The molecule has 4 heteroatoms. The number of nitrogens with zero attached hydrogens (tertiary/aromatic N) is 3. The zero-order valence-electron chi connectivity index (χ0n) is 14.5. The molecule has 128 valence electrons.